The fraction of sp³-hybridized carbons (Fsp3) is 0.200. The van der Waals surface area contributed by atoms with Gasteiger partial charge in [-0.25, -0.2) is 0 Å². The third kappa shape index (κ3) is 3.55. The number of rotatable bonds is 6. The van der Waals surface area contributed by atoms with Gasteiger partial charge in [0.2, 0.25) is 0 Å². The summed E-state index contributed by atoms with van der Waals surface area (Å²) in [5, 5.41) is 12.8. The molecular formula is C20H21N5O2. The van der Waals surface area contributed by atoms with Crippen LogP contribution < -0.4 is 15.8 Å². The van der Waals surface area contributed by atoms with E-state index in [0.717, 1.165) is 46.3 Å². The van der Waals surface area contributed by atoms with Gasteiger partial charge < -0.3 is 20.8 Å². The maximum Gasteiger partial charge on any atom is 0.308 e. The van der Waals surface area contributed by atoms with Crippen molar-refractivity contribution in [3.63, 3.8) is 0 Å². The number of hydrogen-bond donors (Lipinski definition) is 4. The molecule has 0 aliphatic carbocycles. The Hall–Kier alpha value is -3.16. The molecular weight excluding hydrogens is 342 g/mol. The summed E-state index contributed by atoms with van der Waals surface area (Å²) in [4.78, 5) is 14.5. The number of benzene rings is 2. The number of esters is 1. The molecule has 0 aliphatic rings. The average molecular weight is 363 g/mol. The van der Waals surface area contributed by atoms with Gasteiger partial charge in [0.25, 0.3) is 0 Å². The molecule has 0 spiro atoms. The lowest BCUT2D eigenvalue weighted by Gasteiger charge is -2.02. The summed E-state index contributed by atoms with van der Waals surface area (Å²) in [6.07, 6.45) is 0. The van der Waals surface area contributed by atoms with Crippen LogP contribution in [0.25, 0.3) is 33.2 Å². The van der Waals surface area contributed by atoms with Gasteiger partial charge in [-0.2, -0.15) is 5.10 Å². The normalized spacial score (nSPS) is 11.3. The maximum absolute atomic E-state index is 11.1. The quantitative estimate of drug-likeness (QED) is 0.239. The Morgan fingerprint density at radius 2 is 2.07 bits per heavy atom. The zero-order valence-corrected chi connectivity index (χ0v) is 15.0. The molecule has 0 amide bonds. The molecule has 0 saturated carbocycles. The van der Waals surface area contributed by atoms with E-state index in [9.17, 15) is 4.79 Å². The zero-order chi connectivity index (χ0) is 18.8. The second kappa shape index (κ2) is 7.22. The predicted octanol–water partition coefficient (Wildman–Crippen LogP) is 2.68. The van der Waals surface area contributed by atoms with Crippen LogP contribution in [0.5, 0.6) is 5.75 Å². The first-order valence-electron chi connectivity index (χ1n) is 8.83. The standard InChI is InChI=1S/C20H21N5O2/c1-12(26)27-15-3-4-16-18(10-15)24-25-20(16)19-9-14-8-13(11-22-7-6-21)2-5-17(14)23-19/h2-5,8-10,22-23H,6-7,11,21H2,1H3,(H,24,25). The molecule has 0 unspecified atom stereocenters. The Morgan fingerprint density at radius 1 is 1.19 bits per heavy atom. The van der Waals surface area contributed by atoms with Crippen LogP contribution in [-0.4, -0.2) is 34.2 Å². The van der Waals surface area contributed by atoms with E-state index >= 15 is 0 Å². The van der Waals surface area contributed by atoms with E-state index in [2.05, 4.69) is 44.8 Å². The number of fused-ring (bicyclic) bond motifs is 2. The van der Waals surface area contributed by atoms with E-state index in [1.807, 2.05) is 6.07 Å². The summed E-state index contributed by atoms with van der Waals surface area (Å²) in [5.74, 6) is 0.151. The third-order valence-corrected chi connectivity index (χ3v) is 4.39. The van der Waals surface area contributed by atoms with E-state index < -0.39 is 0 Å². The van der Waals surface area contributed by atoms with Gasteiger partial charge in [-0.05, 0) is 35.9 Å². The number of nitrogens with two attached hydrogens (primary N) is 1. The number of aromatic nitrogens is 3. The topological polar surface area (TPSA) is 109 Å². The number of carbonyl (C=O) groups excluding carboxylic acids is 1. The average Bonchev–Trinajstić information content (AvgIpc) is 3.24. The number of ether oxygens (including phenoxy) is 1. The Morgan fingerprint density at radius 3 is 2.89 bits per heavy atom. The molecule has 138 valence electrons. The minimum Gasteiger partial charge on any atom is -0.427 e. The van der Waals surface area contributed by atoms with Gasteiger partial charge >= 0.3 is 5.97 Å². The fourth-order valence-electron chi connectivity index (χ4n) is 3.19. The first kappa shape index (κ1) is 17.3. The first-order valence-corrected chi connectivity index (χ1v) is 8.83. The number of nitrogens with one attached hydrogen (secondary N) is 3. The Labute approximate surface area is 155 Å². The fourth-order valence-corrected chi connectivity index (χ4v) is 3.19. The smallest absolute Gasteiger partial charge is 0.308 e. The van der Waals surface area contributed by atoms with Crippen molar-refractivity contribution in [3.8, 4) is 17.1 Å². The van der Waals surface area contributed by atoms with Crippen molar-refractivity contribution in [1.29, 1.82) is 0 Å². The van der Waals surface area contributed by atoms with Gasteiger partial charge in [0.1, 0.15) is 11.4 Å². The van der Waals surface area contributed by atoms with Gasteiger partial charge in [-0.15, -0.1) is 0 Å². The highest BCUT2D eigenvalue weighted by molar-refractivity contribution is 5.96. The van der Waals surface area contributed by atoms with Crippen LogP contribution in [0.15, 0.2) is 42.5 Å². The van der Waals surface area contributed by atoms with Crippen LogP contribution in [0.2, 0.25) is 0 Å². The molecule has 7 nitrogen and oxygen atoms in total. The lowest BCUT2D eigenvalue weighted by atomic mass is 10.1. The lowest BCUT2D eigenvalue weighted by Crippen LogP contribution is -2.21. The van der Waals surface area contributed by atoms with Gasteiger partial charge in [0, 0.05) is 48.9 Å². The number of carbonyl (C=O) groups is 1. The summed E-state index contributed by atoms with van der Waals surface area (Å²) >= 11 is 0. The second-order valence-corrected chi connectivity index (χ2v) is 6.44. The summed E-state index contributed by atoms with van der Waals surface area (Å²) in [6, 6.07) is 13.9. The van der Waals surface area contributed by atoms with Crippen molar-refractivity contribution >= 4 is 27.8 Å². The van der Waals surface area contributed by atoms with Crippen LogP contribution in [0.1, 0.15) is 12.5 Å². The van der Waals surface area contributed by atoms with E-state index in [0.29, 0.717) is 12.3 Å². The predicted molar refractivity (Wildman–Crippen MR) is 105 cm³/mol. The van der Waals surface area contributed by atoms with Gasteiger partial charge in [0.15, 0.2) is 0 Å². The Bertz CT molecular complexity index is 1110. The summed E-state index contributed by atoms with van der Waals surface area (Å²) in [7, 11) is 0. The van der Waals surface area contributed by atoms with Crippen LogP contribution in [0.3, 0.4) is 0 Å². The molecule has 4 rings (SSSR count). The number of aromatic amines is 2. The highest BCUT2D eigenvalue weighted by atomic mass is 16.5. The van der Waals surface area contributed by atoms with Crippen molar-refractivity contribution in [2.24, 2.45) is 5.73 Å². The minimum atomic E-state index is -0.346. The van der Waals surface area contributed by atoms with Crippen LogP contribution >= 0.6 is 0 Å². The van der Waals surface area contributed by atoms with Crippen molar-refractivity contribution in [2.75, 3.05) is 13.1 Å². The Balaban J connectivity index is 1.66. The molecule has 7 heteroatoms. The van der Waals surface area contributed by atoms with Crippen LogP contribution in [-0.2, 0) is 11.3 Å². The summed E-state index contributed by atoms with van der Waals surface area (Å²) in [6.45, 7) is 3.59. The highest BCUT2D eigenvalue weighted by Crippen LogP contribution is 2.30. The molecule has 0 aliphatic heterocycles. The molecule has 0 saturated heterocycles. The van der Waals surface area contributed by atoms with Crippen molar-refractivity contribution in [1.82, 2.24) is 20.5 Å². The molecule has 4 aromatic rings. The second-order valence-electron chi connectivity index (χ2n) is 6.44. The molecule has 0 fully saturated rings. The molecule has 2 heterocycles. The SMILES string of the molecule is CC(=O)Oc1ccc2c(-c3cc4cc(CNCCN)ccc4[nH]3)n[nH]c2c1. The van der Waals surface area contributed by atoms with Crippen LogP contribution in [0, 0.1) is 0 Å². The third-order valence-electron chi connectivity index (χ3n) is 4.39. The first-order chi connectivity index (χ1) is 13.1. The zero-order valence-electron chi connectivity index (χ0n) is 15.0. The lowest BCUT2D eigenvalue weighted by molar-refractivity contribution is -0.131. The Kier molecular flexibility index (Phi) is 4.62. The molecule has 0 atom stereocenters. The molecule has 5 N–H and O–H groups in total. The summed E-state index contributed by atoms with van der Waals surface area (Å²) < 4.78 is 5.13. The van der Waals surface area contributed by atoms with Crippen molar-refractivity contribution in [3.05, 3.63) is 48.0 Å². The molecule has 0 bridgehead atoms. The number of hydrogen-bond acceptors (Lipinski definition) is 5. The molecule has 27 heavy (non-hydrogen) atoms. The monoisotopic (exact) mass is 363 g/mol. The van der Waals surface area contributed by atoms with Gasteiger partial charge in [-0.3, -0.25) is 9.89 Å². The molecule has 0 radical (unpaired) electrons. The van der Waals surface area contributed by atoms with Gasteiger partial charge in [-0.1, -0.05) is 6.07 Å². The number of H-pyrrole nitrogens is 2. The van der Waals surface area contributed by atoms with Gasteiger partial charge in [0.05, 0.1) is 11.2 Å². The molecule has 2 aromatic carbocycles. The van der Waals surface area contributed by atoms with E-state index in [1.165, 1.54) is 12.5 Å². The highest BCUT2D eigenvalue weighted by Gasteiger charge is 2.12. The van der Waals surface area contributed by atoms with E-state index in [1.54, 1.807) is 12.1 Å². The van der Waals surface area contributed by atoms with E-state index in [4.69, 9.17) is 10.5 Å². The largest absolute Gasteiger partial charge is 0.427 e. The minimum absolute atomic E-state index is 0.346. The van der Waals surface area contributed by atoms with Crippen molar-refractivity contribution in [2.45, 2.75) is 13.5 Å². The summed E-state index contributed by atoms with van der Waals surface area (Å²) in [5.41, 5.74) is 10.4. The number of nitrogens with zero attached hydrogens (tertiary/aromatic N) is 1. The van der Waals surface area contributed by atoms with Crippen molar-refractivity contribution < 1.29 is 9.53 Å². The maximum atomic E-state index is 11.1. The van der Waals surface area contributed by atoms with Crippen LogP contribution in [0.4, 0.5) is 0 Å². The van der Waals surface area contributed by atoms with E-state index in [-0.39, 0.29) is 5.97 Å². The molecule has 2 aromatic heterocycles.